The quantitative estimate of drug-likeness (QED) is 0.798. The first kappa shape index (κ1) is 16.4. The summed E-state index contributed by atoms with van der Waals surface area (Å²) < 4.78 is 26.5. The van der Waals surface area contributed by atoms with Gasteiger partial charge in [0.25, 0.3) is 0 Å². The highest BCUT2D eigenvalue weighted by molar-refractivity contribution is 7.80. The molecule has 2 aromatic carbocycles. The normalized spacial score (nSPS) is 11.8. The molecule has 0 saturated carbocycles. The molecule has 0 unspecified atom stereocenters. The molecular formula is C17H18F2N2S. The summed E-state index contributed by atoms with van der Waals surface area (Å²) in [5.74, 6) is -1.29. The van der Waals surface area contributed by atoms with E-state index in [1.165, 1.54) is 17.7 Å². The van der Waals surface area contributed by atoms with Crippen LogP contribution in [0, 0.1) is 18.6 Å². The van der Waals surface area contributed by atoms with E-state index < -0.39 is 11.6 Å². The van der Waals surface area contributed by atoms with Crippen LogP contribution >= 0.6 is 12.2 Å². The molecule has 0 aliphatic rings. The summed E-state index contributed by atoms with van der Waals surface area (Å²) in [5, 5.41) is 6.22. The maximum atomic E-state index is 13.6. The third-order valence-corrected chi connectivity index (χ3v) is 3.59. The average molecular weight is 320 g/mol. The van der Waals surface area contributed by atoms with E-state index in [2.05, 4.69) is 10.6 Å². The highest BCUT2D eigenvalue weighted by Gasteiger charge is 2.12. The van der Waals surface area contributed by atoms with Crippen LogP contribution < -0.4 is 10.6 Å². The van der Waals surface area contributed by atoms with Crippen LogP contribution in [0.2, 0.25) is 0 Å². The van der Waals surface area contributed by atoms with E-state index in [1.807, 2.05) is 38.1 Å². The van der Waals surface area contributed by atoms with Crippen molar-refractivity contribution in [1.82, 2.24) is 5.32 Å². The number of halogens is 2. The topological polar surface area (TPSA) is 24.1 Å². The summed E-state index contributed by atoms with van der Waals surface area (Å²) in [5.41, 5.74) is 2.45. The van der Waals surface area contributed by atoms with Gasteiger partial charge in [-0.1, -0.05) is 36.8 Å². The average Bonchev–Trinajstić information content (AvgIpc) is 2.49. The molecule has 5 heteroatoms. The number of anilines is 1. The molecule has 2 aromatic rings. The second kappa shape index (κ2) is 7.31. The lowest BCUT2D eigenvalue weighted by atomic mass is 10.0. The Balaban J connectivity index is 2.04. The van der Waals surface area contributed by atoms with E-state index >= 15 is 0 Å². The van der Waals surface area contributed by atoms with Crippen LogP contribution in [0.5, 0.6) is 0 Å². The zero-order valence-corrected chi connectivity index (χ0v) is 13.3. The van der Waals surface area contributed by atoms with Gasteiger partial charge in [-0.3, -0.25) is 0 Å². The molecule has 0 saturated heterocycles. The lowest BCUT2D eigenvalue weighted by molar-refractivity contribution is 0.585. The van der Waals surface area contributed by atoms with Gasteiger partial charge < -0.3 is 10.6 Å². The Kier molecular flexibility index (Phi) is 5.44. The molecule has 2 rings (SSSR count). The molecule has 0 bridgehead atoms. The fraction of sp³-hybridized carbons (Fsp3) is 0.235. The summed E-state index contributed by atoms with van der Waals surface area (Å²) >= 11 is 5.21. The van der Waals surface area contributed by atoms with Crippen molar-refractivity contribution in [2.75, 3.05) is 5.32 Å². The maximum absolute atomic E-state index is 13.6. The van der Waals surface area contributed by atoms with Crippen molar-refractivity contribution in [3.05, 3.63) is 65.2 Å². The molecule has 0 aliphatic heterocycles. The maximum Gasteiger partial charge on any atom is 0.171 e. The predicted molar refractivity (Wildman–Crippen MR) is 89.9 cm³/mol. The third-order valence-electron chi connectivity index (χ3n) is 3.37. The Morgan fingerprint density at radius 3 is 2.41 bits per heavy atom. The molecule has 0 aliphatic carbocycles. The third kappa shape index (κ3) is 4.24. The number of hydrogen-bond donors (Lipinski definition) is 2. The predicted octanol–water partition coefficient (Wildman–Crippen LogP) is 4.71. The summed E-state index contributed by atoms with van der Waals surface area (Å²) in [6.45, 7) is 4.07. The first-order valence-electron chi connectivity index (χ1n) is 7.08. The molecule has 22 heavy (non-hydrogen) atoms. The van der Waals surface area contributed by atoms with E-state index in [1.54, 1.807) is 0 Å². The highest BCUT2D eigenvalue weighted by atomic mass is 32.1. The lowest BCUT2D eigenvalue weighted by Gasteiger charge is -2.20. The fourth-order valence-corrected chi connectivity index (χ4v) is 2.38. The summed E-state index contributed by atoms with van der Waals surface area (Å²) in [7, 11) is 0. The fourth-order valence-electron chi connectivity index (χ4n) is 2.13. The first-order valence-corrected chi connectivity index (χ1v) is 7.49. The van der Waals surface area contributed by atoms with E-state index in [9.17, 15) is 8.78 Å². The van der Waals surface area contributed by atoms with E-state index in [0.717, 1.165) is 18.1 Å². The number of nitrogens with one attached hydrogen (secondary N) is 2. The van der Waals surface area contributed by atoms with Crippen LogP contribution in [-0.4, -0.2) is 5.11 Å². The van der Waals surface area contributed by atoms with Gasteiger partial charge in [0.2, 0.25) is 0 Å². The van der Waals surface area contributed by atoms with Crippen molar-refractivity contribution in [3.63, 3.8) is 0 Å². The Labute approximate surface area is 134 Å². The van der Waals surface area contributed by atoms with E-state index in [-0.39, 0.29) is 11.7 Å². The molecule has 116 valence electrons. The van der Waals surface area contributed by atoms with Crippen LogP contribution in [0.3, 0.4) is 0 Å². The molecule has 0 spiro atoms. The van der Waals surface area contributed by atoms with Gasteiger partial charge in [0, 0.05) is 6.07 Å². The van der Waals surface area contributed by atoms with Crippen molar-refractivity contribution in [2.45, 2.75) is 26.3 Å². The summed E-state index contributed by atoms with van der Waals surface area (Å²) in [6.07, 6.45) is 0.830. The van der Waals surface area contributed by atoms with Gasteiger partial charge in [0.15, 0.2) is 5.11 Å². The monoisotopic (exact) mass is 320 g/mol. The minimum Gasteiger partial charge on any atom is -0.356 e. The number of aryl methyl sites for hydroxylation is 1. The number of hydrogen-bond acceptors (Lipinski definition) is 1. The highest BCUT2D eigenvalue weighted by Crippen LogP contribution is 2.19. The van der Waals surface area contributed by atoms with Gasteiger partial charge in [0.05, 0.1) is 11.7 Å². The van der Waals surface area contributed by atoms with Crippen LogP contribution in [-0.2, 0) is 0 Å². The summed E-state index contributed by atoms with van der Waals surface area (Å²) in [6, 6.07) is 11.5. The number of benzene rings is 2. The van der Waals surface area contributed by atoms with Crippen LogP contribution in [0.4, 0.5) is 14.5 Å². The molecule has 0 amide bonds. The molecule has 0 radical (unpaired) electrons. The number of rotatable bonds is 4. The minimum absolute atomic E-state index is 0.0316. The van der Waals surface area contributed by atoms with Gasteiger partial charge in [-0.05, 0) is 43.3 Å². The smallest absolute Gasteiger partial charge is 0.171 e. The zero-order chi connectivity index (χ0) is 16.1. The Hall–Kier alpha value is -2.01. The van der Waals surface area contributed by atoms with Crippen LogP contribution in [0.1, 0.15) is 30.5 Å². The minimum atomic E-state index is -0.674. The first-order chi connectivity index (χ1) is 10.5. The number of thiocarbonyl (C=S) groups is 1. The molecule has 0 fully saturated rings. The Bertz CT molecular complexity index is 656. The Morgan fingerprint density at radius 1 is 1.14 bits per heavy atom. The second-order valence-electron chi connectivity index (χ2n) is 5.09. The largest absolute Gasteiger partial charge is 0.356 e. The van der Waals surface area contributed by atoms with Gasteiger partial charge in [-0.25, -0.2) is 8.78 Å². The standard InChI is InChI=1S/C17H18F2N2S/c1-3-15(12-6-4-11(2)5-7-12)20-17(22)21-16-9-8-13(18)10-14(16)19/h4-10,15H,3H2,1-2H3,(H2,20,21,22)/t15-/m0/s1. The molecule has 0 aromatic heterocycles. The molecule has 2 nitrogen and oxygen atoms in total. The van der Waals surface area contributed by atoms with Crippen LogP contribution in [0.15, 0.2) is 42.5 Å². The van der Waals surface area contributed by atoms with Crippen molar-refractivity contribution in [2.24, 2.45) is 0 Å². The van der Waals surface area contributed by atoms with Gasteiger partial charge in [-0.2, -0.15) is 0 Å². The van der Waals surface area contributed by atoms with Gasteiger partial charge in [-0.15, -0.1) is 0 Å². The SMILES string of the molecule is CC[C@H](NC(=S)Nc1ccc(F)cc1F)c1ccc(C)cc1. The molecule has 0 heterocycles. The Morgan fingerprint density at radius 2 is 1.82 bits per heavy atom. The lowest BCUT2D eigenvalue weighted by Crippen LogP contribution is -2.32. The van der Waals surface area contributed by atoms with Crippen molar-refractivity contribution < 1.29 is 8.78 Å². The van der Waals surface area contributed by atoms with Gasteiger partial charge >= 0.3 is 0 Å². The van der Waals surface area contributed by atoms with Gasteiger partial charge in [0.1, 0.15) is 11.6 Å². The van der Waals surface area contributed by atoms with E-state index in [4.69, 9.17) is 12.2 Å². The molecule has 1 atom stereocenters. The van der Waals surface area contributed by atoms with Crippen molar-refractivity contribution in [3.8, 4) is 0 Å². The molecule has 2 N–H and O–H groups in total. The zero-order valence-electron chi connectivity index (χ0n) is 12.5. The van der Waals surface area contributed by atoms with Crippen molar-refractivity contribution >= 4 is 23.0 Å². The second-order valence-corrected chi connectivity index (χ2v) is 5.50. The van der Waals surface area contributed by atoms with Crippen molar-refractivity contribution in [1.29, 1.82) is 0 Å². The summed E-state index contributed by atoms with van der Waals surface area (Å²) in [4.78, 5) is 0. The van der Waals surface area contributed by atoms with Crippen LogP contribution in [0.25, 0.3) is 0 Å². The van der Waals surface area contributed by atoms with E-state index in [0.29, 0.717) is 5.11 Å². The molecular weight excluding hydrogens is 302 g/mol.